The number of fused-ring (bicyclic) bond motifs is 1. The first kappa shape index (κ1) is 14.8. The Bertz CT molecular complexity index is 608. The maximum absolute atomic E-state index is 10.9. The second-order valence-corrected chi connectivity index (χ2v) is 7.07. The van der Waals surface area contributed by atoms with E-state index < -0.39 is 5.60 Å². The Hall–Kier alpha value is -1.12. The predicted octanol–water partition coefficient (Wildman–Crippen LogP) is 4.69. The summed E-state index contributed by atoms with van der Waals surface area (Å²) in [6, 6.07) is 17.0. The lowest BCUT2D eigenvalue weighted by Gasteiger charge is -2.34. The molecule has 0 amide bonds. The van der Waals surface area contributed by atoms with Gasteiger partial charge in [-0.2, -0.15) is 0 Å². The maximum Gasteiger partial charge on any atom is 0.0691 e. The molecule has 21 heavy (non-hydrogen) atoms. The number of hydrogen-bond donors (Lipinski definition) is 1. The smallest absolute Gasteiger partial charge is 0.0691 e. The zero-order valence-corrected chi connectivity index (χ0v) is 13.8. The summed E-state index contributed by atoms with van der Waals surface area (Å²) in [6.07, 6.45) is 5.65. The van der Waals surface area contributed by atoms with Crippen molar-refractivity contribution in [2.75, 3.05) is 0 Å². The van der Waals surface area contributed by atoms with Crippen LogP contribution in [0.5, 0.6) is 0 Å². The summed E-state index contributed by atoms with van der Waals surface area (Å²) in [6.45, 7) is 0. The van der Waals surface area contributed by atoms with Crippen LogP contribution < -0.4 is 0 Å². The van der Waals surface area contributed by atoms with Crippen LogP contribution in [0.2, 0.25) is 0 Å². The van der Waals surface area contributed by atoms with Crippen LogP contribution in [0, 0.1) is 0 Å². The number of rotatable bonds is 4. The van der Waals surface area contributed by atoms with Crippen molar-refractivity contribution in [1.82, 2.24) is 0 Å². The van der Waals surface area contributed by atoms with Crippen LogP contribution in [0.4, 0.5) is 0 Å². The second kappa shape index (κ2) is 6.33. The zero-order valence-electron chi connectivity index (χ0n) is 12.2. The molecule has 2 aromatic carbocycles. The quantitative estimate of drug-likeness (QED) is 0.852. The molecule has 110 valence electrons. The van der Waals surface area contributed by atoms with Gasteiger partial charge in [-0.15, -0.1) is 0 Å². The second-order valence-electron chi connectivity index (χ2n) is 6.15. The Labute approximate surface area is 135 Å². The monoisotopic (exact) mass is 344 g/mol. The molecule has 0 aliphatic heterocycles. The molecule has 1 aliphatic rings. The standard InChI is InChI=1S/C19H21BrO/c20-18-9-8-17-14-19(21,12-10-16(17)13-18)11-4-7-15-5-2-1-3-6-15/h1-3,5-6,8-9,13,21H,4,7,10-12,14H2. The van der Waals surface area contributed by atoms with E-state index >= 15 is 0 Å². The third-order valence-electron chi connectivity index (χ3n) is 4.50. The molecule has 3 rings (SSSR count). The molecule has 0 saturated heterocycles. The van der Waals surface area contributed by atoms with Gasteiger partial charge in [-0.3, -0.25) is 0 Å². The van der Waals surface area contributed by atoms with Crippen LogP contribution >= 0.6 is 15.9 Å². The number of aliphatic hydroxyl groups is 1. The van der Waals surface area contributed by atoms with Gasteiger partial charge >= 0.3 is 0 Å². The molecule has 1 atom stereocenters. The first-order valence-corrected chi connectivity index (χ1v) is 8.48. The van der Waals surface area contributed by atoms with Gasteiger partial charge in [0.1, 0.15) is 0 Å². The van der Waals surface area contributed by atoms with Crippen LogP contribution in [0.25, 0.3) is 0 Å². The molecule has 0 aromatic heterocycles. The molecular formula is C19H21BrO. The van der Waals surface area contributed by atoms with Gasteiger partial charge < -0.3 is 5.11 Å². The van der Waals surface area contributed by atoms with Crippen LogP contribution in [-0.4, -0.2) is 10.7 Å². The van der Waals surface area contributed by atoms with Crippen LogP contribution in [0.3, 0.4) is 0 Å². The Morgan fingerprint density at radius 3 is 2.67 bits per heavy atom. The Morgan fingerprint density at radius 1 is 1.05 bits per heavy atom. The highest BCUT2D eigenvalue weighted by atomic mass is 79.9. The number of hydrogen-bond acceptors (Lipinski definition) is 1. The van der Waals surface area contributed by atoms with Gasteiger partial charge in [-0.1, -0.05) is 52.3 Å². The van der Waals surface area contributed by atoms with Crippen LogP contribution in [0.15, 0.2) is 53.0 Å². The lowest BCUT2D eigenvalue weighted by molar-refractivity contribution is 0.0161. The Balaban J connectivity index is 1.60. The molecule has 0 spiro atoms. The summed E-state index contributed by atoms with van der Waals surface area (Å²) in [7, 11) is 0. The Morgan fingerprint density at radius 2 is 1.86 bits per heavy atom. The van der Waals surface area contributed by atoms with Crippen molar-refractivity contribution in [2.45, 2.75) is 44.1 Å². The van der Waals surface area contributed by atoms with Crippen LogP contribution in [0.1, 0.15) is 36.0 Å². The molecule has 1 aliphatic carbocycles. The van der Waals surface area contributed by atoms with Gasteiger partial charge in [0.05, 0.1) is 5.60 Å². The van der Waals surface area contributed by atoms with Crippen molar-refractivity contribution in [3.63, 3.8) is 0 Å². The van der Waals surface area contributed by atoms with E-state index in [0.29, 0.717) is 0 Å². The third kappa shape index (κ3) is 3.75. The van der Waals surface area contributed by atoms with Crippen molar-refractivity contribution < 1.29 is 5.11 Å². The fourth-order valence-corrected chi connectivity index (χ4v) is 3.70. The zero-order chi connectivity index (χ0) is 14.7. The topological polar surface area (TPSA) is 20.2 Å². The first-order chi connectivity index (χ1) is 10.1. The number of aryl methyl sites for hydroxylation is 2. The highest BCUT2D eigenvalue weighted by molar-refractivity contribution is 9.10. The van der Waals surface area contributed by atoms with Gasteiger partial charge in [0.2, 0.25) is 0 Å². The molecule has 1 unspecified atom stereocenters. The van der Waals surface area contributed by atoms with Crippen molar-refractivity contribution in [3.8, 4) is 0 Å². The van der Waals surface area contributed by atoms with Gasteiger partial charge in [-0.05, 0) is 60.9 Å². The maximum atomic E-state index is 10.9. The minimum absolute atomic E-state index is 0.518. The average Bonchev–Trinajstić information content (AvgIpc) is 2.49. The van der Waals surface area contributed by atoms with E-state index in [9.17, 15) is 5.11 Å². The van der Waals surface area contributed by atoms with Crippen LogP contribution in [-0.2, 0) is 19.3 Å². The summed E-state index contributed by atoms with van der Waals surface area (Å²) >= 11 is 3.52. The fraction of sp³-hybridized carbons (Fsp3) is 0.368. The van der Waals surface area contributed by atoms with Crippen molar-refractivity contribution >= 4 is 15.9 Å². The molecule has 1 nitrogen and oxygen atoms in total. The number of halogens is 1. The molecule has 0 bridgehead atoms. The van der Waals surface area contributed by atoms with Crippen molar-refractivity contribution in [1.29, 1.82) is 0 Å². The number of benzene rings is 2. The summed E-state index contributed by atoms with van der Waals surface area (Å²) in [5.74, 6) is 0. The van der Waals surface area contributed by atoms with E-state index in [-0.39, 0.29) is 0 Å². The van der Waals surface area contributed by atoms with E-state index in [0.717, 1.165) is 43.0 Å². The highest BCUT2D eigenvalue weighted by Gasteiger charge is 2.31. The van der Waals surface area contributed by atoms with Gasteiger partial charge in [0, 0.05) is 10.9 Å². The predicted molar refractivity (Wildman–Crippen MR) is 90.5 cm³/mol. The molecule has 2 heteroatoms. The molecule has 0 saturated carbocycles. The minimum atomic E-state index is -0.518. The molecule has 0 radical (unpaired) electrons. The summed E-state index contributed by atoms with van der Waals surface area (Å²) in [5, 5.41) is 10.9. The van der Waals surface area contributed by atoms with E-state index in [1.165, 1.54) is 16.7 Å². The van der Waals surface area contributed by atoms with E-state index in [1.807, 2.05) is 6.07 Å². The van der Waals surface area contributed by atoms with E-state index in [2.05, 4.69) is 58.4 Å². The van der Waals surface area contributed by atoms with E-state index in [1.54, 1.807) is 0 Å². The average molecular weight is 345 g/mol. The van der Waals surface area contributed by atoms with Crippen molar-refractivity contribution in [2.24, 2.45) is 0 Å². The largest absolute Gasteiger partial charge is 0.390 e. The normalized spacial score (nSPS) is 21.0. The summed E-state index contributed by atoms with van der Waals surface area (Å²) in [5.41, 5.74) is 3.54. The van der Waals surface area contributed by atoms with Crippen molar-refractivity contribution in [3.05, 3.63) is 69.7 Å². The van der Waals surface area contributed by atoms with E-state index in [4.69, 9.17) is 0 Å². The third-order valence-corrected chi connectivity index (χ3v) is 4.99. The minimum Gasteiger partial charge on any atom is -0.390 e. The molecule has 2 aromatic rings. The van der Waals surface area contributed by atoms with Gasteiger partial charge in [-0.25, -0.2) is 0 Å². The summed E-state index contributed by atoms with van der Waals surface area (Å²) < 4.78 is 1.13. The Kier molecular flexibility index (Phi) is 4.46. The molecule has 0 heterocycles. The lowest BCUT2D eigenvalue weighted by Crippen LogP contribution is -2.35. The lowest BCUT2D eigenvalue weighted by atomic mass is 9.77. The first-order valence-electron chi connectivity index (χ1n) is 7.68. The van der Waals surface area contributed by atoms with Gasteiger partial charge in [0.25, 0.3) is 0 Å². The highest BCUT2D eigenvalue weighted by Crippen LogP contribution is 2.33. The summed E-state index contributed by atoms with van der Waals surface area (Å²) in [4.78, 5) is 0. The SMILES string of the molecule is OC1(CCCc2ccccc2)CCc2cc(Br)ccc2C1. The fourth-order valence-electron chi connectivity index (χ4n) is 3.29. The van der Waals surface area contributed by atoms with Gasteiger partial charge in [0.15, 0.2) is 0 Å². The molecule has 0 fully saturated rings. The molecule has 1 N–H and O–H groups in total. The molecular weight excluding hydrogens is 324 g/mol.